The van der Waals surface area contributed by atoms with E-state index in [0.717, 1.165) is 16.7 Å². The van der Waals surface area contributed by atoms with Crippen LogP contribution in [0.2, 0.25) is 0 Å². The normalized spacial score (nSPS) is 11.2. The molecule has 0 saturated carbocycles. The van der Waals surface area contributed by atoms with Crippen LogP contribution >= 0.6 is 8.25 Å². The predicted octanol–water partition coefficient (Wildman–Crippen LogP) is 3.86. The molecule has 0 fully saturated rings. The largest absolute Gasteiger partial charge is 0.421 e. The molecule has 2 aromatic rings. The van der Waals surface area contributed by atoms with Gasteiger partial charge in [0.15, 0.2) is 0 Å². The molecular formula is C16H17LiO4P. The Morgan fingerprint density at radius 3 is 2.09 bits per heavy atom. The molecule has 0 aliphatic rings. The van der Waals surface area contributed by atoms with E-state index >= 15 is 0 Å². The van der Waals surface area contributed by atoms with Crippen LogP contribution in [0, 0.1) is 20.8 Å². The van der Waals surface area contributed by atoms with E-state index in [-0.39, 0.29) is 18.9 Å². The third-order valence-electron chi connectivity index (χ3n) is 3.00. The predicted molar refractivity (Wildman–Crippen MR) is 87.9 cm³/mol. The molecule has 0 saturated heterocycles. The summed E-state index contributed by atoms with van der Waals surface area (Å²) in [6.07, 6.45) is 0. The average Bonchev–Trinajstić information content (AvgIpc) is 2.38. The van der Waals surface area contributed by atoms with Gasteiger partial charge in [-0.25, -0.2) is 9.36 Å². The van der Waals surface area contributed by atoms with Crippen molar-refractivity contribution in [2.75, 3.05) is 0 Å². The van der Waals surface area contributed by atoms with Gasteiger partial charge in [-0.05, 0) is 44.0 Å². The van der Waals surface area contributed by atoms with Crippen LogP contribution in [0.1, 0.15) is 27.0 Å². The van der Waals surface area contributed by atoms with Crippen LogP contribution in [0.15, 0.2) is 42.5 Å². The first kappa shape index (κ1) is 18.6. The van der Waals surface area contributed by atoms with Gasteiger partial charge < -0.3 is 9.05 Å². The minimum atomic E-state index is -2.93. The Labute approximate surface area is 143 Å². The van der Waals surface area contributed by atoms with Crippen molar-refractivity contribution in [3.63, 3.8) is 0 Å². The van der Waals surface area contributed by atoms with E-state index < -0.39 is 14.2 Å². The second-order valence-corrected chi connectivity index (χ2v) is 5.74. The summed E-state index contributed by atoms with van der Waals surface area (Å²) in [6.45, 7) is 5.61. The Hall–Kier alpha value is -1.46. The van der Waals surface area contributed by atoms with Crippen molar-refractivity contribution in [3.8, 4) is 5.75 Å². The molecule has 111 valence electrons. The first-order valence-corrected chi connectivity index (χ1v) is 7.76. The van der Waals surface area contributed by atoms with Crippen molar-refractivity contribution in [3.05, 3.63) is 64.7 Å². The maximum atomic E-state index is 12.1. The second kappa shape index (κ2) is 8.24. The topological polar surface area (TPSA) is 52.6 Å². The van der Waals surface area contributed by atoms with Gasteiger partial charge in [-0.2, -0.15) is 0 Å². The van der Waals surface area contributed by atoms with Gasteiger partial charge in [0.05, 0.1) is 5.56 Å². The molecule has 0 amide bonds. The number of hydrogen-bond acceptors (Lipinski definition) is 4. The van der Waals surface area contributed by atoms with Crippen LogP contribution in [0.3, 0.4) is 0 Å². The molecule has 1 radical (unpaired) electrons. The summed E-state index contributed by atoms with van der Waals surface area (Å²) in [4.78, 5) is 12.1. The van der Waals surface area contributed by atoms with Gasteiger partial charge in [-0.3, -0.25) is 0 Å². The number of benzene rings is 2. The van der Waals surface area contributed by atoms with Crippen molar-refractivity contribution < 1.29 is 18.4 Å². The van der Waals surface area contributed by atoms with Gasteiger partial charge in [-0.15, -0.1) is 0 Å². The first-order valence-electron chi connectivity index (χ1n) is 6.54. The zero-order chi connectivity index (χ0) is 15.4. The molecule has 22 heavy (non-hydrogen) atoms. The van der Waals surface area contributed by atoms with Crippen LogP contribution in [-0.2, 0) is 9.09 Å². The SMILES string of the molecule is Cc1cc(C)c(C(=O)O[PH](=O)Oc2ccccc2)c(C)c1.[Li]. The molecule has 6 heteroatoms. The summed E-state index contributed by atoms with van der Waals surface area (Å²) < 4.78 is 21.8. The molecule has 0 N–H and O–H groups in total. The minimum absolute atomic E-state index is 0. The molecule has 1 unspecified atom stereocenters. The van der Waals surface area contributed by atoms with E-state index in [4.69, 9.17) is 9.05 Å². The van der Waals surface area contributed by atoms with Gasteiger partial charge >= 0.3 is 14.2 Å². The van der Waals surface area contributed by atoms with Crippen LogP contribution in [0.5, 0.6) is 5.75 Å². The van der Waals surface area contributed by atoms with E-state index in [0.29, 0.717) is 11.3 Å². The Kier molecular flexibility index (Phi) is 6.96. The van der Waals surface area contributed by atoms with Crippen molar-refractivity contribution in [2.24, 2.45) is 0 Å². The van der Waals surface area contributed by atoms with E-state index in [1.54, 1.807) is 24.3 Å². The summed E-state index contributed by atoms with van der Waals surface area (Å²) in [6, 6.07) is 12.4. The number of rotatable bonds is 4. The number of carbonyl (C=O) groups is 1. The fraction of sp³-hybridized carbons (Fsp3) is 0.188. The van der Waals surface area contributed by atoms with Gasteiger partial charge in [-0.1, -0.05) is 35.9 Å². The Morgan fingerprint density at radius 2 is 1.55 bits per heavy atom. The number of aryl methyl sites for hydroxylation is 3. The van der Waals surface area contributed by atoms with E-state index in [9.17, 15) is 9.36 Å². The first-order chi connectivity index (χ1) is 9.97. The Morgan fingerprint density at radius 1 is 1.00 bits per heavy atom. The van der Waals surface area contributed by atoms with E-state index in [1.807, 2.05) is 39.0 Å². The fourth-order valence-corrected chi connectivity index (χ4v) is 2.86. The molecule has 2 rings (SSSR count). The van der Waals surface area contributed by atoms with Crippen molar-refractivity contribution in [1.82, 2.24) is 0 Å². The third-order valence-corrected chi connectivity index (χ3v) is 3.76. The van der Waals surface area contributed by atoms with E-state index in [2.05, 4.69) is 0 Å². The molecule has 0 aromatic heterocycles. The number of para-hydroxylation sites is 1. The maximum Gasteiger partial charge on any atom is 0.421 e. The Bertz CT molecular complexity index is 663. The van der Waals surface area contributed by atoms with Gasteiger partial charge in [0.2, 0.25) is 0 Å². The molecular weight excluding hydrogens is 294 g/mol. The molecule has 1 atom stereocenters. The quantitative estimate of drug-likeness (QED) is 0.635. The molecule has 4 nitrogen and oxygen atoms in total. The third kappa shape index (κ3) is 4.78. The van der Waals surface area contributed by atoms with Gasteiger partial charge in [0, 0.05) is 18.9 Å². The average molecular weight is 311 g/mol. The number of carbonyl (C=O) groups excluding carboxylic acids is 1. The summed E-state index contributed by atoms with van der Waals surface area (Å²) in [5.41, 5.74) is 3.10. The second-order valence-electron chi connectivity index (χ2n) is 4.83. The molecule has 0 heterocycles. The fourth-order valence-electron chi connectivity index (χ4n) is 2.23. The van der Waals surface area contributed by atoms with Gasteiger partial charge in [0.25, 0.3) is 0 Å². The summed E-state index contributed by atoms with van der Waals surface area (Å²) in [7, 11) is -2.93. The summed E-state index contributed by atoms with van der Waals surface area (Å²) in [5.74, 6) is -0.212. The molecule has 2 aromatic carbocycles. The van der Waals surface area contributed by atoms with Crippen molar-refractivity contribution >= 4 is 33.1 Å². The van der Waals surface area contributed by atoms with Crippen molar-refractivity contribution in [2.45, 2.75) is 20.8 Å². The molecule has 0 spiro atoms. The zero-order valence-electron chi connectivity index (χ0n) is 13.2. The van der Waals surface area contributed by atoms with E-state index in [1.165, 1.54) is 0 Å². The monoisotopic (exact) mass is 311 g/mol. The smallest absolute Gasteiger partial charge is 0.418 e. The van der Waals surface area contributed by atoms with Crippen LogP contribution in [0.25, 0.3) is 0 Å². The Balaban J connectivity index is 0.00000242. The maximum absolute atomic E-state index is 12.1. The molecule has 0 aliphatic carbocycles. The summed E-state index contributed by atoms with van der Waals surface area (Å²) >= 11 is 0. The van der Waals surface area contributed by atoms with Crippen LogP contribution in [-0.4, -0.2) is 24.8 Å². The standard InChI is InChI=1S/C16H17O4P.Li/c1-11-9-12(2)15(13(3)10-11)16(17)20-21(18)19-14-7-5-4-6-8-14;/h4-10,21H,1-3H3;. The van der Waals surface area contributed by atoms with Crippen molar-refractivity contribution in [1.29, 1.82) is 0 Å². The molecule has 0 aliphatic heterocycles. The van der Waals surface area contributed by atoms with Crippen LogP contribution in [0.4, 0.5) is 0 Å². The molecule has 0 bridgehead atoms. The minimum Gasteiger partial charge on any atom is -0.418 e. The number of hydrogen-bond donors (Lipinski definition) is 0. The zero-order valence-corrected chi connectivity index (χ0v) is 14.2. The summed E-state index contributed by atoms with van der Waals surface area (Å²) in [5, 5.41) is 0. The van der Waals surface area contributed by atoms with Crippen LogP contribution < -0.4 is 4.52 Å². The van der Waals surface area contributed by atoms with Gasteiger partial charge in [0.1, 0.15) is 5.75 Å².